The average molecular weight is 370 g/mol. The van der Waals surface area contributed by atoms with Gasteiger partial charge in [0.2, 0.25) is 11.8 Å². The average Bonchev–Trinajstić information content (AvgIpc) is 3.14. The number of hydrogen-bond acceptors (Lipinski definition) is 3. The van der Waals surface area contributed by atoms with Gasteiger partial charge in [-0.15, -0.1) is 0 Å². The van der Waals surface area contributed by atoms with E-state index in [1.165, 1.54) is 12.8 Å². The Kier molecular flexibility index (Phi) is 5.48. The highest BCUT2D eigenvalue weighted by molar-refractivity contribution is 5.97. The van der Waals surface area contributed by atoms with Crippen LogP contribution in [0.2, 0.25) is 0 Å². The first-order valence-electron chi connectivity index (χ1n) is 10.6. The lowest BCUT2D eigenvalue weighted by Gasteiger charge is -2.37. The third-order valence-corrected chi connectivity index (χ3v) is 6.85. The molecule has 2 amide bonds. The second-order valence-electron chi connectivity index (χ2n) is 8.59. The van der Waals surface area contributed by atoms with E-state index in [4.69, 9.17) is 0 Å². The fraction of sp³-hybridized carbons (Fsp3) is 0.636. The van der Waals surface area contributed by atoms with Crippen LogP contribution >= 0.6 is 0 Å². The minimum absolute atomic E-state index is 0.115. The van der Waals surface area contributed by atoms with Gasteiger partial charge in [0, 0.05) is 23.8 Å². The van der Waals surface area contributed by atoms with E-state index < -0.39 is 0 Å². The molecule has 27 heavy (non-hydrogen) atoms. The molecule has 1 aliphatic heterocycles. The number of rotatable bonds is 4. The van der Waals surface area contributed by atoms with Crippen molar-refractivity contribution < 1.29 is 9.59 Å². The van der Waals surface area contributed by atoms with Gasteiger partial charge in [-0.05, 0) is 56.3 Å². The molecule has 5 heteroatoms. The van der Waals surface area contributed by atoms with Gasteiger partial charge in [0.1, 0.15) is 0 Å². The van der Waals surface area contributed by atoms with Crippen LogP contribution in [0.5, 0.6) is 0 Å². The lowest BCUT2D eigenvalue weighted by Crippen LogP contribution is -2.44. The van der Waals surface area contributed by atoms with Crippen LogP contribution in [0.1, 0.15) is 57.8 Å². The minimum Gasteiger partial charge on any atom is -0.326 e. The molecule has 5 nitrogen and oxygen atoms in total. The summed E-state index contributed by atoms with van der Waals surface area (Å²) < 4.78 is 0. The summed E-state index contributed by atoms with van der Waals surface area (Å²) in [6.07, 6.45) is 9.96. The number of benzene rings is 1. The Morgan fingerprint density at radius 2 is 1.70 bits per heavy atom. The fourth-order valence-corrected chi connectivity index (χ4v) is 5.23. The largest absolute Gasteiger partial charge is 0.326 e. The maximum Gasteiger partial charge on any atom is 0.232 e. The van der Waals surface area contributed by atoms with E-state index in [9.17, 15) is 9.59 Å². The summed E-state index contributed by atoms with van der Waals surface area (Å²) in [6, 6.07) is 7.59. The van der Waals surface area contributed by atoms with E-state index in [2.05, 4.69) is 16.0 Å². The first kappa shape index (κ1) is 18.5. The molecule has 3 fully saturated rings. The first-order valence-corrected chi connectivity index (χ1v) is 10.6. The number of hydrogen-bond donors (Lipinski definition) is 3. The van der Waals surface area contributed by atoms with Crippen LogP contribution in [0.3, 0.4) is 0 Å². The normalized spacial score (nSPS) is 28.4. The van der Waals surface area contributed by atoms with Crippen molar-refractivity contribution >= 4 is 23.2 Å². The van der Waals surface area contributed by atoms with Crippen LogP contribution in [0.4, 0.5) is 11.4 Å². The molecule has 2 atom stereocenters. The van der Waals surface area contributed by atoms with Crippen LogP contribution < -0.4 is 16.0 Å². The van der Waals surface area contributed by atoms with Crippen molar-refractivity contribution in [3.8, 4) is 0 Å². The van der Waals surface area contributed by atoms with Gasteiger partial charge in [-0.1, -0.05) is 38.2 Å². The van der Waals surface area contributed by atoms with Crippen LogP contribution in [0, 0.1) is 17.3 Å². The van der Waals surface area contributed by atoms with Crippen molar-refractivity contribution in [2.24, 2.45) is 17.3 Å². The molecule has 0 spiro atoms. The Hall–Kier alpha value is -1.88. The third-order valence-electron chi connectivity index (χ3n) is 6.85. The van der Waals surface area contributed by atoms with E-state index in [0.717, 1.165) is 69.4 Å². The highest BCUT2D eigenvalue weighted by Crippen LogP contribution is 2.44. The SMILES string of the molecule is O=C(Nc1cccc(NC(=O)[C@@]23CCCC[C@H]2CNC3)c1)C1CCCCC1. The Labute approximate surface area is 161 Å². The molecule has 0 aromatic heterocycles. The lowest BCUT2D eigenvalue weighted by molar-refractivity contribution is -0.128. The Balaban J connectivity index is 1.41. The van der Waals surface area contributed by atoms with Crippen molar-refractivity contribution in [2.75, 3.05) is 23.7 Å². The molecule has 1 aromatic carbocycles. The number of anilines is 2. The molecule has 146 valence electrons. The van der Waals surface area contributed by atoms with E-state index in [1.54, 1.807) is 0 Å². The zero-order chi connectivity index (χ0) is 18.7. The molecule has 1 heterocycles. The predicted octanol–water partition coefficient (Wildman–Crippen LogP) is 3.92. The van der Waals surface area contributed by atoms with Crippen molar-refractivity contribution in [1.82, 2.24) is 5.32 Å². The van der Waals surface area contributed by atoms with Crippen molar-refractivity contribution in [3.05, 3.63) is 24.3 Å². The van der Waals surface area contributed by atoms with Crippen molar-refractivity contribution in [3.63, 3.8) is 0 Å². The summed E-state index contributed by atoms with van der Waals surface area (Å²) in [6.45, 7) is 1.73. The fourth-order valence-electron chi connectivity index (χ4n) is 5.23. The van der Waals surface area contributed by atoms with Crippen LogP contribution in [0.25, 0.3) is 0 Å². The first-order chi connectivity index (χ1) is 13.2. The number of fused-ring (bicyclic) bond motifs is 1. The summed E-state index contributed by atoms with van der Waals surface area (Å²) in [5.41, 5.74) is 1.28. The quantitative estimate of drug-likeness (QED) is 0.753. The van der Waals surface area contributed by atoms with E-state index in [-0.39, 0.29) is 23.1 Å². The maximum atomic E-state index is 13.1. The number of nitrogens with one attached hydrogen (secondary N) is 3. The van der Waals surface area contributed by atoms with Crippen molar-refractivity contribution in [2.45, 2.75) is 57.8 Å². The number of carbonyl (C=O) groups is 2. The Bertz CT molecular complexity index is 699. The molecule has 1 saturated heterocycles. The highest BCUT2D eigenvalue weighted by Gasteiger charge is 2.49. The monoisotopic (exact) mass is 369 g/mol. The van der Waals surface area contributed by atoms with E-state index in [1.807, 2.05) is 24.3 Å². The zero-order valence-electron chi connectivity index (χ0n) is 16.1. The maximum absolute atomic E-state index is 13.1. The minimum atomic E-state index is -0.264. The highest BCUT2D eigenvalue weighted by atomic mass is 16.2. The second kappa shape index (κ2) is 8.01. The molecule has 1 aromatic rings. The summed E-state index contributed by atoms with van der Waals surface area (Å²) in [4.78, 5) is 25.6. The molecule has 3 N–H and O–H groups in total. The molecule has 2 aliphatic carbocycles. The molecule has 2 saturated carbocycles. The van der Waals surface area contributed by atoms with E-state index in [0.29, 0.717) is 5.92 Å². The topological polar surface area (TPSA) is 70.2 Å². The smallest absolute Gasteiger partial charge is 0.232 e. The number of carbonyl (C=O) groups excluding carboxylic acids is 2. The molecule has 3 aliphatic rings. The van der Waals surface area contributed by atoms with Gasteiger partial charge in [0.15, 0.2) is 0 Å². The standard InChI is InChI=1S/C22H31N3O2/c26-20(16-7-2-1-3-8-16)24-18-10-6-11-19(13-18)25-21(27)22-12-5-4-9-17(22)14-23-15-22/h6,10-11,13,16-17,23H,1-5,7-9,12,14-15H2,(H,24,26)(H,25,27)/t17-,22+/m0/s1. The van der Waals surface area contributed by atoms with Gasteiger partial charge >= 0.3 is 0 Å². The van der Waals surface area contributed by atoms with Gasteiger partial charge < -0.3 is 16.0 Å². The van der Waals surface area contributed by atoms with Gasteiger partial charge in [-0.2, -0.15) is 0 Å². The Morgan fingerprint density at radius 3 is 2.52 bits per heavy atom. The molecule has 0 bridgehead atoms. The summed E-state index contributed by atoms with van der Waals surface area (Å²) in [5.74, 6) is 0.820. The van der Waals surface area contributed by atoms with Gasteiger partial charge in [-0.3, -0.25) is 9.59 Å². The molecule has 4 rings (SSSR count). The molecule has 0 unspecified atom stereocenters. The molecule has 0 radical (unpaired) electrons. The summed E-state index contributed by atoms with van der Waals surface area (Å²) >= 11 is 0. The lowest BCUT2D eigenvalue weighted by atomic mass is 9.67. The predicted molar refractivity (Wildman–Crippen MR) is 108 cm³/mol. The van der Waals surface area contributed by atoms with Crippen LogP contribution in [-0.4, -0.2) is 24.9 Å². The van der Waals surface area contributed by atoms with Gasteiger partial charge in [0.05, 0.1) is 5.41 Å². The number of amides is 2. The van der Waals surface area contributed by atoms with Crippen molar-refractivity contribution in [1.29, 1.82) is 0 Å². The van der Waals surface area contributed by atoms with Crippen LogP contribution in [0.15, 0.2) is 24.3 Å². The summed E-state index contributed by atoms with van der Waals surface area (Å²) in [7, 11) is 0. The Morgan fingerprint density at radius 1 is 0.963 bits per heavy atom. The zero-order valence-corrected chi connectivity index (χ0v) is 16.1. The second-order valence-corrected chi connectivity index (χ2v) is 8.59. The van der Waals surface area contributed by atoms with Crippen LogP contribution in [-0.2, 0) is 9.59 Å². The summed E-state index contributed by atoms with van der Waals surface area (Å²) in [5, 5.41) is 9.61. The molecular weight excluding hydrogens is 338 g/mol. The van der Waals surface area contributed by atoms with E-state index >= 15 is 0 Å². The van der Waals surface area contributed by atoms with Gasteiger partial charge in [0.25, 0.3) is 0 Å². The molecular formula is C22H31N3O2. The third kappa shape index (κ3) is 3.88. The van der Waals surface area contributed by atoms with Gasteiger partial charge in [-0.25, -0.2) is 0 Å².